The van der Waals surface area contributed by atoms with Crippen LogP contribution in [-0.2, 0) is 10.4 Å². The van der Waals surface area contributed by atoms with Crippen molar-refractivity contribution in [1.29, 1.82) is 0 Å². The molecule has 0 aliphatic rings. The number of hydroxylamine groups is 1. The molecular formula is C3H9NO5S. The Labute approximate surface area is 58.7 Å². The highest BCUT2D eigenvalue weighted by Crippen LogP contribution is 1.59. The van der Waals surface area contributed by atoms with Crippen LogP contribution in [0.15, 0.2) is 12.7 Å². The standard InChI is InChI=1S/C3H7NO.H2O4S/c1-2-3-4-5;1-5(2,3)4/h2,4-5H,1,3H2;(H2,1,2,3,4). The number of nitrogens with one attached hydrogen (secondary N) is 1. The first-order valence-corrected chi connectivity index (χ1v) is 3.49. The molecule has 0 atom stereocenters. The molecular weight excluding hydrogens is 162 g/mol. The minimum absolute atomic E-state index is 0.458. The molecule has 4 N–H and O–H groups in total. The molecule has 0 spiro atoms. The predicted molar refractivity (Wildman–Crippen MR) is 34.2 cm³/mol. The molecule has 0 amide bonds. The van der Waals surface area contributed by atoms with Crippen molar-refractivity contribution in [3.63, 3.8) is 0 Å². The maximum Gasteiger partial charge on any atom is 0.394 e. The van der Waals surface area contributed by atoms with E-state index in [1.807, 2.05) is 5.48 Å². The third-order valence-electron chi connectivity index (χ3n) is 0.236. The average molecular weight is 171 g/mol. The summed E-state index contributed by atoms with van der Waals surface area (Å²) >= 11 is 0. The van der Waals surface area contributed by atoms with Gasteiger partial charge in [-0.15, -0.1) is 6.58 Å². The Balaban J connectivity index is 0. The van der Waals surface area contributed by atoms with Crippen molar-refractivity contribution in [2.45, 2.75) is 0 Å². The highest BCUT2D eigenvalue weighted by Gasteiger charge is 1.84. The van der Waals surface area contributed by atoms with E-state index in [9.17, 15) is 0 Å². The monoisotopic (exact) mass is 171 g/mol. The highest BCUT2D eigenvalue weighted by atomic mass is 32.3. The fourth-order valence-electron chi connectivity index (χ4n) is 0.0645. The summed E-state index contributed by atoms with van der Waals surface area (Å²) in [5.74, 6) is 0. The van der Waals surface area contributed by atoms with E-state index < -0.39 is 10.4 Å². The van der Waals surface area contributed by atoms with Gasteiger partial charge in [0.15, 0.2) is 0 Å². The van der Waals surface area contributed by atoms with Crippen LogP contribution in [0.4, 0.5) is 0 Å². The second-order valence-corrected chi connectivity index (χ2v) is 1.99. The van der Waals surface area contributed by atoms with Crippen LogP contribution in [0, 0.1) is 0 Å². The second kappa shape index (κ2) is 6.65. The Bertz CT molecular complexity index is 154. The molecule has 0 aliphatic carbocycles. The van der Waals surface area contributed by atoms with Crippen LogP contribution in [0.3, 0.4) is 0 Å². The lowest BCUT2D eigenvalue weighted by atomic mass is 10.7. The maximum absolute atomic E-state index is 8.74. The lowest BCUT2D eigenvalue weighted by Crippen LogP contribution is -2.04. The zero-order chi connectivity index (χ0) is 8.62. The van der Waals surface area contributed by atoms with Gasteiger partial charge in [-0.1, -0.05) is 6.08 Å². The van der Waals surface area contributed by atoms with Crippen molar-refractivity contribution in [1.82, 2.24) is 5.48 Å². The average Bonchev–Trinajstić information content (AvgIpc) is 1.63. The third-order valence-corrected chi connectivity index (χ3v) is 0.236. The van der Waals surface area contributed by atoms with Gasteiger partial charge in [-0.05, 0) is 0 Å². The molecule has 0 fully saturated rings. The van der Waals surface area contributed by atoms with Crippen molar-refractivity contribution < 1.29 is 22.7 Å². The fourth-order valence-corrected chi connectivity index (χ4v) is 0.0645. The first-order valence-electron chi connectivity index (χ1n) is 2.09. The summed E-state index contributed by atoms with van der Waals surface area (Å²) in [5.41, 5.74) is 1.90. The van der Waals surface area contributed by atoms with Crippen LogP contribution in [0.25, 0.3) is 0 Å². The molecule has 0 aromatic carbocycles. The molecule has 0 rings (SSSR count). The number of rotatable bonds is 2. The Morgan fingerprint density at radius 1 is 1.50 bits per heavy atom. The molecule has 6 nitrogen and oxygen atoms in total. The van der Waals surface area contributed by atoms with Crippen molar-refractivity contribution in [2.75, 3.05) is 6.54 Å². The number of hydrogen-bond donors (Lipinski definition) is 4. The van der Waals surface area contributed by atoms with Crippen LogP contribution < -0.4 is 5.48 Å². The zero-order valence-corrected chi connectivity index (χ0v) is 5.87. The van der Waals surface area contributed by atoms with Gasteiger partial charge in [0.05, 0.1) is 0 Å². The highest BCUT2D eigenvalue weighted by molar-refractivity contribution is 7.79. The SMILES string of the molecule is C=CCNO.O=S(=O)(O)O. The van der Waals surface area contributed by atoms with Gasteiger partial charge in [-0.25, -0.2) is 5.48 Å². The predicted octanol–water partition coefficient (Wildman–Crippen LogP) is -0.502. The molecule has 7 heteroatoms. The molecule has 0 saturated heterocycles. The van der Waals surface area contributed by atoms with E-state index in [0.717, 1.165) is 0 Å². The molecule has 0 bridgehead atoms. The van der Waals surface area contributed by atoms with Crippen molar-refractivity contribution in [3.05, 3.63) is 12.7 Å². The third kappa shape index (κ3) is 137. The summed E-state index contributed by atoms with van der Waals surface area (Å²) in [6, 6.07) is 0. The van der Waals surface area contributed by atoms with E-state index in [1.54, 1.807) is 6.08 Å². The van der Waals surface area contributed by atoms with Crippen molar-refractivity contribution in [2.24, 2.45) is 0 Å². The van der Waals surface area contributed by atoms with Gasteiger partial charge in [-0.3, -0.25) is 9.11 Å². The first kappa shape index (κ1) is 12.2. The smallest absolute Gasteiger partial charge is 0.317 e. The minimum atomic E-state index is -4.67. The van der Waals surface area contributed by atoms with Crippen LogP contribution in [0.5, 0.6) is 0 Å². The molecule has 0 aromatic rings. The van der Waals surface area contributed by atoms with Crippen molar-refractivity contribution >= 4 is 10.4 Å². The van der Waals surface area contributed by atoms with Gasteiger partial charge >= 0.3 is 10.4 Å². The van der Waals surface area contributed by atoms with Gasteiger partial charge in [0.2, 0.25) is 0 Å². The van der Waals surface area contributed by atoms with Crippen LogP contribution in [0.2, 0.25) is 0 Å². The Morgan fingerprint density at radius 3 is 1.80 bits per heavy atom. The van der Waals surface area contributed by atoms with E-state index in [0.29, 0.717) is 6.54 Å². The van der Waals surface area contributed by atoms with Gasteiger partial charge in [0, 0.05) is 6.54 Å². The van der Waals surface area contributed by atoms with Crippen LogP contribution in [0.1, 0.15) is 0 Å². The van der Waals surface area contributed by atoms with Crippen LogP contribution in [-0.4, -0.2) is 29.3 Å². The maximum atomic E-state index is 8.74. The minimum Gasteiger partial charge on any atom is -0.317 e. The van der Waals surface area contributed by atoms with E-state index in [1.165, 1.54) is 0 Å². The summed E-state index contributed by atoms with van der Waals surface area (Å²) < 4.78 is 31.6. The summed E-state index contributed by atoms with van der Waals surface area (Å²) in [6.07, 6.45) is 1.57. The Morgan fingerprint density at radius 2 is 1.80 bits per heavy atom. The van der Waals surface area contributed by atoms with E-state index in [2.05, 4.69) is 6.58 Å². The quantitative estimate of drug-likeness (QED) is 0.253. The van der Waals surface area contributed by atoms with Gasteiger partial charge in [-0.2, -0.15) is 8.42 Å². The van der Waals surface area contributed by atoms with Gasteiger partial charge in [0.25, 0.3) is 0 Å². The van der Waals surface area contributed by atoms with E-state index >= 15 is 0 Å². The molecule has 0 saturated carbocycles. The molecule has 62 valence electrons. The normalized spacial score (nSPS) is 9.50. The largest absolute Gasteiger partial charge is 0.394 e. The lowest BCUT2D eigenvalue weighted by molar-refractivity contribution is 0.180. The Hall–Kier alpha value is -0.470. The summed E-state index contributed by atoms with van der Waals surface area (Å²) in [7, 11) is -4.67. The molecule has 10 heavy (non-hydrogen) atoms. The van der Waals surface area contributed by atoms with E-state index in [4.69, 9.17) is 22.7 Å². The lowest BCUT2D eigenvalue weighted by Gasteiger charge is -1.78. The summed E-state index contributed by atoms with van der Waals surface area (Å²) in [4.78, 5) is 0. The molecule has 0 radical (unpaired) electrons. The molecule has 0 aliphatic heterocycles. The fraction of sp³-hybridized carbons (Fsp3) is 0.333. The second-order valence-electron chi connectivity index (χ2n) is 1.10. The first-order chi connectivity index (χ1) is 4.41. The van der Waals surface area contributed by atoms with E-state index in [-0.39, 0.29) is 0 Å². The van der Waals surface area contributed by atoms with Gasteiger partial charge < -0.3 is 5.21 Å². The van der Waals surface area contributed by atoms with Crippen LogP contribution >= 0.6 is 0 Å². The molecule has 0 unspecified atom stereocenters. The molecule has 0 aromatic heterocycles. The van der Waals surface area contributed by atoms with Crippen molar-refractivity contribution in [3.8, 4) is 0 Å². The Kier molecular flexibility index (Phi) is 8.13. The zero-order valence-electron chi connectivity index (χ0n) is 5.06. The topological polar surface area (TPSA) is 107 Å². The summed E-state index contributed by atoms with van der Waals surface area (Å²) in [6.45, 7) is 3.79. The number of hydrogen-bond acceptors (Lipinski definition) is 4. The summed E-state index contributed by atoms with van der Waals surface area (Å²) in [5, 5.41) is 7.74. The van der Waals surface area contributed by atoms with Gasteiger partial charge in [0.1, 0.15) is 0 Å². The molecule has 0 heterocycles.